The highest BCUT2D eigenvalue weighted by molar-refractivity contribution is 6.30. The average Bonchev–Trinajstić information content (AvgIpc) is 3.06. The van der Waals surface area contributed by atoms with Gasteiger partial charge in [0, 0.05) is 12.4 Å². The van der Waals surface area contributed by atoms with Crippen molar-refractivity contribution in [2.75, 3.05) is 20.3 Å². The molecule has 3 rings (SSSR count). The topological polar surface area (TPSA) is 79.0 Å². The van der Waals surface area contributed by atoms with Gasteiger partial charge in [0.2, 0.25) is 0 Å². The molecule has 2 amide bonds. The highest BCUT2D eigenvalue weighted by atomic mass is 35.5. The SMILES string of the molecule is COc1ccc(OCC[N]C(=O)NCc2cn3cc(Cl)ccc3n2)cc1. The second-order valence-electron chi connectivity index (χ2n) is 5.41. The molecule has 0 aliphatic rings. The molecular formula is C18H18ClN4O3. The van der Waals surface area contributed by atoms with Crippen LogP contribution in [0.4, 0.5) is 4.79 Å². The summed E-state index contributed by atoms with van der Waals surface area (Å²) in [4.78, 5) is 16.2. The van der Waals surface area contributed by atoms with E-state index in [0.29, 0.717) is 23.9 Å². The van der Waals surface area contributed by atoms with Crippen molar-refractivity contribution in [3.63, 3.8) is 0 Å². The van der Waals surface area contributed by atoms with Crippen LogP contribution in [0, 0.1) is 0 Å². The summed E-state index contributed by atoms with van der Waals surface area (Å²) >= 11 is 5.93. The smallest absolute Gasteiger partial charge is 0.336 e. The number of carbonyl (C=O) groups excluding carboxylic acids is 1. The van der Waals surface area contributed by atoms with Crippen LogP contribution >= 0.6 is 11.6 Å². The summed E-state index contributed by atoms with van der Waals surface area (Å²) < 4.78 is 12.4. The normalized spacial score (nSPS) is 10.5. The zero-order valence-corrected chi connectivity index (χ0v) is 14.9. The van der Waals surface area contributed by atoms with E-state index in [4.69, 9.17) is 21.1 Å². The second-order valence-corrected chi connectivity index (χ2v) is 5.85. The molecule has 0 saturated heterocycles. The van der Waals surface area contributed by atoms with Crippen molar-refractivity contribution >= 4 is 23.3 Å². The fourth-order valence-corrected chi connectivity index (χ4v) is 2.48. The van der Waals surface area contributed by atoms with Gasteiger partial charge >= 0.3 is 6.03 Å². The summed E-state index contributed by atoms with van der Waals surface area (Å²) in [7, 11) is 1.61. The lowest BCUT2D eigenvalue weighted by Crippen LogP contribution is -2.32. The van der Waals surface area contributed by atoms with E-state index in [-0.39, 0.29) is 6.54 Å². The molecule has 3 aromatic rings. The molecule has 2 aromatic heterocycles. The van der Waals surface area contributed by atoms with E-state index in [1.165, 1.54) is 0 Å². The number of pyridine rings is 1. The molecule has 1 aromatic carbocycles. The van der Waals surface area contributed by atoms with Crippen LogP contribution in [0.3, 0.4) is 0 Å². The average molecular weight is 374 g/mol. The van der Waals surface area contributed by atoms with Gasteiger partial charge in [0.25, 0.3) is 0 Å². The van der Waals surface area contributed by atoms with E-state index in [1.54, 1.807) is 43.6 Å². The molecule has 7 nitrogen and oxygen atoms in total. The largest absolute Gasteiger partial charge is 0.497 e. The quantitative estimate of drug-likeness (QED) is 0.646. The molecule has 1 N–H and O–H groups in total. The molecule has 135 valence electrons. The van der Waals surface area contributed by atoms with E-state index in [9.17, 15) is 4.79 Å². The predicted octanol–water partition coefficient (Wildman–Crippen LogP) is 2.89. The number of hydrogen-bond donors (Lipinski definition) is 1. The molecule has 0 unspecified atom stereocenters. The first-order valence-electron chi connectivity index (χ1n) is 7.99. The predicted molar refractivity (Wildman–Crippen MR) is 97.9 cm³/mol. The molecule has 26 heavy (non-hydrogen) atoms. The summed E-state index contributed by atoms with van der Waals surface area (Å²) in [6.07, 6.45) is 3.57. The van der Waals surface area contributed by atoms with Crippen molar-refractivity contribution < 1.29 is 14.3 Å². The van der Waals surface area contributed by atoms with Crippen LogP contribution in [0.25, 0.3) is 5.65 Å². The zero-order chi connectivity index (χ0) is 18.4. The van der Waals surface area contributed by atoms with Crippen LogP contribution in [0.1, 0.15) is 5.69 Å². The molecule has 0 fully saturated rings. The van der Waals surface area contributed by atoms with Crippen molar-refractivity contribution in [3.05, 3.63) is 59.5 Å². The van der Waals surface area contributed by atoms with Crippen molar-refractivity contribution in [1.29, 1.82) is 0 Å². The molecule has 0 spiro atoms. The molecule has 0 bridgehead atoms. The van der Waals surface area contributed by atoms with Crippen LogP contribution in [0.15, 0.2) is 48.8 Å². The van der Waals surface area contributed by atoms with Gasteiger partial charge in [0.15, 0.2) is 0 Å². The Bertz CT molecular complexity index is 880. The minimum Gasteiger partial charge on any atom is -0.497 e. The third-order valence-corrected chi connectivity index (χ3v) is 3.78. The van der Waals surface area contributed by atoms with E-state index >= 15 is 0 Å². The van der Waals surface area contributed by atoms with Gasteiger partial charge in [-0.2, -0.15) is 0 Å². The maximum atomic E-state index is 11.8. The Labute approximate surface area is 155 Å². The number of amides is 2. The molecule has 0 aliphatic heterocycles. The van der Waals surface area contributed by atoms with Crippen LogP contribution < -0.4 is 20.1 Å². The summed E-state index contributed by atoms with van der Waals surface area (Å²) in [6.45, 7) is 0.867. The van der Waals surface area contributed by atoms with E-state index in [0.717, 1.165) is 17.1 Å². The number of methoxy groups -OCH3 is 1. The maximum absolute atomic E-state index is 11.8. The van der Waals surface area contributed by atoms with Gasteiger partial charge in [-0.25, -0.2) is 15.1 Å². The number of imidazole rings is 1. The zero-order valence-electron chi connectivity index (χ0n) is 14.2. The lowest BCUT2D eigenvalue weighted by atomic mass is 10.3. The molecule has 1 radical (unpaired) electrons. The lowest BCUT2D eigenvalue weighted by Gasteiger charge is -2.07. The van der Waals surface area contributed by atoms with Gasteiger partial charge in [-0.3, -0.25) is 0 Å². The van der Waals surface area contributed by atoms with E-state index in [2.05, 4.69) is 15.6 Å². The number of nitrogens with zero attached hydrogens (tertiary/aromatic N) is 3. The number of rotatable bonds is 7. The Hall–Kier alpha value is -2.93. The fourth-order valence-electron chi connectivity index (χ4n) is 2.31. The minimum atomic E-state index is -0.404. The van der Waals surface area contributed by atoms with Gasteiger partial charge in [0.1, 0.15) is 23.8 Å². The molecule has 0 atom stereocenters. The molecule has 0 saturated carbocycles. The Balaban J connectivity index is 1.38. The third kappa shape index (κ3) is 4.80. The third-order valence-electron chi connectivity index (χ3n) is 3.56. The monoisotopic (exact) mass is 373 g/mol. The van der Waals surface area contributed by atoms with Crippen molar-refractivity contribution in [1.82, 2.24) is 20.0 Å². The number of urea groups is 1. The summed E-state index contributed by atoms with van der Waals surface area (Å²) in [5.74, 6) is 1.46. The number of carbonyl (C=O) groups is 1. The number of fused-ring (bicyclic) bond motifs is 1. The highest BCUT2D eigenvalue weighted by Crippen LogP contribution is 2.16. The van der Waals surface area contributed by atoms with Gasteiger partial charge < -0.3 is 19.2 Å². The first-order chi connectivity index (χ1) is 12.6. The first-order valence-corrected chi connectivity index (χ1v) is 8.37. The number of aromatic nitrogens is 2. The van der Waals surface area contributed by atoms with Crippen LogP contribution in [-0.2, 0) is 6.54 Å². The van der Waals surface area contributed by atoms with Gasteiger partial charge in [-0.05, 0) is 36.4 Å². The second kappa shape index (κ2) is 8.44. The van der Waals surface area contributed by atoms with Crippen LogP contribution in [0.2, 0.25) is 5.02 Å². The summed E-state index contributed by atoms with van der Waals surface area (Å²) in [5.41, 5.74) is 1.49. The number of halogens is 1. The molecule has 0 aliphatic carbocycles. The Morgan fingerprint density at radius 2 is 1.96 bits per heavy atom. The lowest BCUT2D eigenvalue weighted by molar-refractivity contribution is 0.235. The highest BCUT2D eigenvalue weighted by Gasteiger charge is 2.06. The van der Waals surface area contributed by atoms with E-state index < -0.39 is 6.03 Å². The first kappa shape index (κ1) is 17.9. The number of hydrogen-bond acceptors (Lipinski definition) is 4. The standard InChI is InChI=1S/C18H18ClN4O3/c1-25-15-3-5-16(6-4-15)26-9-8-20-18(24)21-10-14-12-23-11-13(19)2-7-17(23)22-14/h2-7,11-12H,8-10H2,1H3,(H,21,24). The summed E-state index contributed by atoms with van der Waals surface area (Å²) in [5, 5.41) is 7.22. The van der Waals surface area contributed by atoms with Gasteiger partial charge in [0.05, 0.1) is 30.9 Å². The Morgan fingerprint density at radius 3 is 2.73 bits per heavy atom. The Kier molecular flexibility index (Phi) is 5.80. The van der Waals surface area contributed by atoms with Crippen molar-refractivity contribution in [2.24, 2.45) is 0 Å². The number of ether oxygens (including phenoxy) is 2. The van der Waals surface area contributed by atoms with Crippen molar-refractivity contribution in [3.8, 4) is 11.5 Å². The van der Waals surface area contributed by atoms with Crippen LogP contribution in [0.5, 0.6) is 11.5 Å². The van der Waals surface area contributed by atoms with Crippen LogP contribution in [-0.4, -0.2) is 35.7 Å². The maximum Gasteiger partial charge on any atom is 0.336 e. The molecular weight excluding hydrogens is 356 g/mol. The minimum absolute atomic E-state index is 0.263. The molecule has 2 heterocycles. The van der Waals surface area contributed by atoms with E-state index in [1.807, 2.05) is 16.7 Å². The fraction of sp³-hybridized carbons (Fsp3) is 0.222. The van der Waals surface area contributed by atoms with Gasteiger partial charge in [-0.15, -0.1) is 0 Å². The van der Waals surface area contributed by atoms with Gasteiger partial charge in [-0.1, -0.05) is 11.6 Å². The molecule has 8 heteroatoms. The Morgan fingerprint density at radius 1 is 1.19 bits per heavy atom. The summed E-state index contributed by atoms with van der Waals surface area (Å²) in [6, 6.07) is 10.4. The van der Waals surface area contributed by atoms with Crippen molar-refractivity contribution in [2.45, 2.75) is 6.54 Å². The number of benzene rings is 1. The number of nitrogens with one attached hydrogen (secondary N) is 1.